The highest BCUT2D eigenvalue weighted by Gasteiger charge is 2.10. The SMILES string of the molecule is Cc1cc(/C=N\NC(=O)COc2cccc(F)c2)c(C)n1C(C)C. The third-order valence-electron chi connectivity index (χ3n) is 3.60. The molecule has 24 heavy (non-hydrogen) atoms. The molecule has 0 saturated heterocycles. The van der Waals surface area contributed by atoms with Crippen molar-refractivity contribution in [2.24, 2.45) is 5.10 Å². The van der Waals surface area contributed by atoms with E-state index >= 15 is 0 Å². The molecule has 1 amide bonds. The minimum Gasteiger partial charge on any atom is -0.484 e. The van der Waals surface area contributed by atoms with Gasteiger partial charge in [-0.2, -0.15) is 5.10 Å². The summed E-state index contributed by atoms with van der Waals surface area (Å²) in [5.41, 5.74) is 5.59. The molecule has 0 fully saturated rings. The number of hydrogen-bond acceptors (Lipinski definition) is 3. The van der Waals surface area contributed by atoms with Gasteiger partial charge in [-0.05, 0) is 45.9 Å². The molecule has 128 valence electrons. The van der Waals surface area contributed by atoms with Crippen LogP contribution in [0.2, 0.25) is 0 Å². The van der Waals surface area contributed by atoms with Crippen molar-refractivity contribution in [3.05, 3.63) is 53.1 Å². The van der Waals surface area contributed by atoms with Gasteiger partial charge in [0, 0.05) is 29.1 Å². The fourth-order valence-electron chi connectivity index (χ4n) is 2.64. The lowest BCUT2D eigenvalue weighted by molar-refractivity contribution is -0.123. The van der Waals surface area contributed by atoms with Crippen molar-refractivity contribution in [2.75, 3.05) is 6.61 Å². The number of nitrogens with zero attached hydrogens (tertiary/aromatic N) is 2. The normalized spacial score (nSPS) is 11.2. The fraction of sp³-hybridized carbons (Fsp3) is 0.333. The fourth-order valence-corrected chi connectivity index (χ4v) is 2.64. The average Bonchev–Trinajstić information content (AvgIpc) is 2.79. The van der Waals surface area contributed by atoms with E-state index < -0.39 is 11.7 Å². The summed E-state index contributed by atoms with van der Waals surface area (Å²) in [6.07, 6.45) is 1.61. The van der Waals surface area contributed by atoms with Gasteiger partial charge >= 0.3 is 0 Å². The predicted octanol–water partition coefficient (Wildman–Crippen LogP) is 3.35. The van der Waals surface area contributed by atoms with Crippen molar-refractivity contribution in [1.82, 2.24) is 9.99 Å². The monoisotopic (exact) mass is 331 g/mol. The number of benzene rings is 1. The zero-order chi connectivity index (χ0) is 17.7. The Kier molecular flexibility index (Phi) is 5.73. The molecule has 0 atom stereocenters. The summed E-state index contributed by atoms with van der Waals surface area (Å²) >= 11 is 0. The van der Waals surface area contributed by atoms with Crippen LogP contribution in [0.15, 0.2) is 35.4 Å². The van der Waals surface area contributed by atoms with E-state index in [0.29, 0.717) is 11.8 Å². The maximum atomic E-state index is 13.0. The summed E-state index contributed by atoms with van der Waals surface area (Å²) in [6, 6.07) is 8.02. The number of halogens is 1. The third-order valence-corrected chi connectivity index (χ3v) is 3.60. The summed E-state index contributed by atoms with van der Waals surface area (Å²) in [7, 11) is 0. The van der Waals surface area contributed by atoms with Crippen molar-refractivity contribution in [3.8, 4) is 5.75 Å². The maximum Gasteiger partial charge on any atom is 0.277 e. The van der Waals surface area contributed by atoms with E-state index in [0.717, 1.165) is 17.0 Å². The van der Waals surface area contributed by atoms with Crippen LogP contribution in [-0.2, 0) is 4.79 Å². The molecule has 0 spiro atoms. The van der Waals surface area contributed by atoms with Crippen molar-refractivity contribution in [3.63, 3.8) is 0 Å². The lowest BCUT2D eigenvalue weighted by atomic mass is 10.2. The van der Waals surface area contributed by atoms with Crippen LogP contribution >= 0.6 is 0 Å². The number of hydrazone groups is 1. The quantitative estimate of drug-likeness (QED) is 0.652. The predicted molar refractivity (Wildman–Crippen MR) is 91.9 cm³/mol. The van der Waals surface area contributed by atoms with E-state index in [1.807, 2.05) is 19.9 Å². The number of carbonyl (C=O) groups excluding carboxylic acids is 1. The Hall–Kier alpha value is -2.63. The Morgan fingerprint density at radius 1 is 1.38 bits per heavy atom. The van der Waals surface area contributed by atoms with E-state index in [4.69, 9.17) is 4.74 Å². The number of amides is 1. The van der Waals surface area contributed by atoms with Gasteiger partial charge in [0.05, 0.1) is 6.21 Å². The van der Waals surface area contributed by atoms with Gasteiger partial charge in [0.15, 0.2) is 6.61 Å². The Balaban J connectivity index is 1.90. The molecule has 0 aliphatic rings. The topological polar surface area (TPSA) is 55.6 Å². The van der Waals surface area contributed by atoms with Crippen LogP contribution in [0.4, 0.5) is 4.39 Å². The first kappa shape index (κ1) is 17.7. The molecule has 0 unspecified atom stereocenters. The van der Waals surface area contributed by atoms with Crippen LogP contribution in [-0.4, -0.2) is 23.3 Å². The van der Waals surface area contributed by atoms with Crippen molar-refractivity contribution in [2.45, 2.75) is 33.7 Å². The van der Waals surface area contributed by atoms with Crippen LogP contribution in [0.1, 0.15) is 36.8 Å². The van der Waals surface area contributed by atoms with Gasteiger partial charge in [-0.1, -0.05) is 6.07 Å². The number of rotatable bonds is 6. The van der Waals surface area contributed by atoms with E-state index in [-0.39, 0.29) is 6.61 Å². The molecule has 1 aromatic heterocycles. The van der Waals surface area contributed by atoms with E-state index in [1.54, 1.807) is 12.3 Å². The Bertz CT molecular complexity index is 751. The molecule has 0 radical (unpaired) electrons. The average molecular weight is 331 g/mol. The third kappa shape index (κ3) is 4.44. The zero-order valence-electron chi connectivity index (χ0n) is 14.3. The van der Waals surface area contributed by atoms with Gasteiger partial charge in [0.1, 0.15) is 11.6 Å². The molecule has 2 rings (SSSR count). The summed E-state index contributed by atoms with van der Waals surface area (Å²) in [6.45, 7) is 8.06. The molecule has 6 heteroatoms. The number of ether oxygens (including phenoxy) is 1. The number of aromatic nitrogens is 1. The molecule has 0 aliphatic carbocycles. The number of nitrogens with one attached hydrogen (secondary N) is 1. The smallest absolute Gasteiger partial charge is 0.277 e. The summed E-state index contributed by atoms with van der Waals surface area (Å²) in [5, 5.41) is 3.95. The maximum absolute atomic E-state index is 13.0. The molecule has 2 aromatic rings. The molecule has 1 aromatic carbocycles. The second-order valence-corrected chi connectivity index (χ2v) is 5.83. The van der Waals surface area contributed by atoms with Gasteiger partial charge in [-0.3, -0.25) is 4.79 Å². The van der Waals surface area contributed by atoms with Gasteiger partial charge in [-0.15, -0.1) is 0 Å². The molecular weight excluding hydrogens is 309 g/mol. The lowest BCUT2D eigenvalue weighted by Crippen LogP contribution is -2.24. The number of carbonyl (C=O) groups is 1. The van der Waals surface area contributed by atoms with E-state index in [9.17, 15) is 9.18 Å². The molecule has 0 saturated carbocycles. The van der Waals surface area contributed by atoms with Crippen molar-refractivity contribution < 1.29 is 13.9 Å². The standard InChI is InChI=1S/C18H22FN3O2/c1-12(2)22-13(3)8-15(14(22)4)10-20-21-18(23)11-24-17-7-5-6-16(19)9-17/h5-10,12H,11H2,1-4H3,(H,21,23)/b20-10-. The van der Waals surface area contributed by atoms with Crippen LogP contribution in [0.25, 0.3) is 0 Å². The Morgan fingerprint density at radius 2 is 2.12 bits per heavy atom. The van der Waals surface area contributed by atoms with Gasteiger partial charge < -0.3 is 9.30 Å². The van der Waals surface area contributed by atoms with E-state index in [1.165, 1.54) is 18.2 Å². The van der Waals surface area contributed by atoms with E-state index in [2.05, 4.69) is 28.9 Å². The highest BCUT2D eigenvalue weighted by molar-refractivity contribution is 5.84. The van der Waals surface area contributed by atoms with Crippen LogP contribution in [0, 0.1) is 19.7 Å². The summed E-state index contributed by atoms with van der Waals surface area (Å²) in [5.74, 6) is -0.519. The Morgan fingerprint density at radius 3 is 2.75 bits per heavy atom. The highest BCUT2D eigenvalue weighted by atomic mass is 19.1. The molecule has 0 aliphatic heterocycles. The number of hydrogen-bond donors (Lipinski definition) is 1. The van der Waals surface area contributed by atoms with Crippen LogP contribution in [0.5, 0.6) is 5.75 Å². The van der Waals surface area contributed by atoms with Crippen LogP contribution in [0.3, 0.4) is 0 Å². The molecule has 5 nitrogen and oxygen atoms in total. The minimum absolute atomic E-state index is 0.230. The largest absolute Gasteiger partial charge is 0.484 e. The lowest BCUT2D eigenvalue weighted by Gasteiger charge is -2.13. The van der Waals surface area contributed by atoms with Crippen LogP contribution < -0.4 is 10.2 Å². The first-order chi connectivity index (χ1) is 11.4. The first-order valence-electron chi connectivity index (χ1n) is 7.77. The van der Waals surface area contributed by atoms with Gasteiger partial charge in [0.25, 0.3) is 5.91 Å². The molecule has 1 N–H and O–H groups in total. The molecule has 1 heterocycles. The summed E-state index contributed by atoms with van der Waals surface area (Å²) in [4.78, 5) is 11.7. The number of aryl methyl sites for hydroxylation is 1. The zero-order valence-corrected chi connectivity index (χ0v) is 14.3. The highest BCUT2D eigenvalue weighted by Crippen LogP contribution is 2.18. The Labute approximate surface area is 141 Å². The minimum atomic E-state index is -0.411. The second kappa shape index (κ2) is 7.77. The second-order valence-electron chi connectivity index (χ2n) is 5.83. The van der Waals surface area contributed by atoms with Gasteiger partial charge in [0.2, 0.25) is 0 Å². The van der Waals surface area contributed by atoms with Gasteiger partial charge in [-0.25, -0.2) is 9.82 Å². The molecular formula is C18H22FN3O2. The first-order valence-corrected chi connectivity index (χ1v) is 7.77. The summed E-state index contributed by atoms with van der Waals surface area (Å²) < 4.78 is 20.4. The van der Waals surface area contributed by atoms with Crippen molar-refractivity contribution in [1.29, 1.82) is 0 Å². The molecule has 0 bridgehead atoms. The van der Waals surface area contributed by atoms with Crippen molar-refractivity contribution >= 4 is 12.1 Å².